The van der Waals surface area contributed by atoms with Gasteiger partial charge in [-0.3, -0.25) is 4.79 Å². The molecule has 0 aliphatic heterocycles. The van der Waals surface area contributed by atoms with E-state index in [1.807, 2.05) is 0 Å². The molecule has 1 aromatic carbocycles. The molecule has 3 N–H and O–H groups in total. The number of hydrogen-bond donors (Lipinski definition) is 3. The Balaban J connectivity index is 2.62. The third-order valence-electron chi connectivity index (χ3n) is 2.51. The molecule has 0 fully saturated rings. The van der Waals surface area contributed by atoms with Crippen LogP contribution in [0.5, 0.6) is 0 Å². The lowest BCUT2D eigenvalue weighted by Crippen LogP contribution is -2.32. The molecule has 0 aliphatic carbocycles. The quantitative estimate of drug-likeness (QED) is 0.646. The van der Waals surface area contributed by atoms with Crippen molar-refractivity contribution in [3.8, 4) is 0 Å². The molecule has 1 aromatic rings. The highest BCUT2D eigenvalue weighted by molar-refractivity contribution is 7.89. The monoisotopic (exact) mass is 287 g/mol. The number of aliphatic hydroxyl groups excluding tert-OH is 1. The van der Waals surface area contributed by atoms with Crippen LogP contribution in [0.3, 0.4) is 0 Å². The molecule has 0 heterocycles. The van der Waals surface area contributed by atoms with Crippen molar-refractivity contribution in [3.05, 3.63) is 35.9 Å². The number of benzene rings is 1. The molecular weight excluding hydrogens is 270 g/mol. The number of carbonyl (C=O) groups is 1. The van der Waals surface area contributed by atoms with Gasteiger partial charge in [0.15, 0.2) is 0 Å². The van der Waals surface area contributed by atoms with Gasteiger partial charge in [-0.15, -0.1) is 0 Å². The molecule has 0 aliphatic rings. The van der Waals surface area contributed by atoms with E-state index in [0.717, 1.165) is 0 Å². The predicted octanol–water partition coefficient (Wildman–Crippen LogP) is 0.504. The standard InChI is InChI=1S/C12H17NO5S/c14-9-11(10-5-2-1-3-6-10)13-19(17,18)8-4-7-12(15)16/h1-3,5-6,11,13-14H,4,7-9H2,(H,15,16)/t11-/m1/s1. The van der Waals surface area contributed by atoms with Gasteiger partial charge in [-0.1, -0.05) is 30.3 Å². The minimum Gasteiger partial charge on any atom is -0.481 e. The second kappa shape index (κ2) is 7.22. The fraction of sp³-hybridized carbons (Fsp3) is 0.417. The Morgan fingerprint density at radius 3 is 2.42 bits per heavy atom. The molecule has 106 valence electrons. The van der Waals surface area contributed by atoms with Gasteiger partial charge >= 0.3 is 5.97 Å². The van der Waals surface area contributed by atoms with Gasteiger partial charge in [0.25, 0.3) is 0 Å². The number of sulfonamides is 1. The van der Waals surface area contributed by atoms with Crippen LogP contribution in [0.25, 0.3) is 0 Å². The SMILES string of the molecule is O=C(O)CCCS(=O)(=O)N[C@H](CO)c1ccccc1. The Morgan fingerprint density at radius 2 is 1.89 bits per heavy atom. The molecule has 0 aromatic heterocycles. The van der Waals surface area contributed by atoms with E-state index < -0.39 is 22.0 Å². The van der Waals surface area contributed by atoms with Crippen molar-refractivity contribution >= 4 is 16.0 Å². The van der Waals surface area contributed by atoms with Crippen LogP contribution in [0.15, 0.2) is 30.3 Å². The van der Waals surface area contributed by atoms with Gasteiger partial charge < -0.3 is 10.2 Å². The summed E-state index contributed by atoms with van der Waals surface area (Å²) in [5, 5.41) is 17.7. The Hall–Kier alpha value is -1.44. The molecule has 0 spiro atoms. The molecule has 1 rings (SSSR count). The number of carboxylic acids is 1. The molecule has 0 saturated carbocycles. The summed E-state index contributed by atoms with van der Waals surface area (Å²) < 4.78 is 25.8. The van der Waals surface area contributed by atoms with Crippen molar-refractivity contribution in [1.82, 2.24) is 4.72 Å². The van der Waals surface area contributed by atoms with Crippen molar-refractivity contribution in [2.24, 2.45) is 0 Å². The number of hydrogen-bond acceptors (Lipinski definition) is 4. The van der Waals surface area contributed by atoms with Crippen molar-refractivity contribution in [1.29, 1.82) is 0 Å². The zero-order valence-electron chi connectivity index (χ0n) is 10.3. The van der Waals surface area contributed by atoms with Gasteiger partial charge in [0.05, 0.1) is 18.4 Å². The van der Waals surface area contributed by atoms with Gasteiger partial charge in [0, 0.05) is 6.42 Å². The minimum absolute atomic E-state index is 0.0393. The molecule has 6 nitrogen and oxygen atoms in total. The number of aliphatic carboxylic acids is 1. The topological polar surface area (TPSA) is 104 Å². The summed E-state index contributed by atoms with van der Waals surface area (Å²) in [4.78, 5) is 10.3. The summed E-state index contributed by atoms with van der Waals surface area (Å²) in [5.41, 5.74) is 0.659. The van der Waals surface area contributed by atoms with E-state index in [2.05, 4.69) is 4.72 Å². The van der Waals surface area contributed by atoms with Gasteiger partial charge in [0.2, 0.25) is 10.0 Å². The summed E-state index contributed by atoms with van der Waals surface area (Å²) in [6.45, 7) is -0.359. The van der Waals surface area contributed by atoms with Crippen LogP contribution in [-0.4, -0.2) is 37.0 Å². The van der Waals surface area contributed by atoms with E-state index in [-0.39, 0.29) is 25.2 Å². The lowest BCUT2D eigenvalue weighted by atomic mass is 10.1. The summed E-state index contributed by atoms with van der Waals surface area (Å²) in [6.07, 6.45) is -0.159. The van der Waals surface area contributed by atoms with Crippen molar-refractivity contribution < 1.29 is 23.4 Å². The van der Waals surface area contributed by atoms with Crippen LogP contribution < -0.4 is 4.72 Å². The second-order valence-electron chi connectivity index (χ2n) is 4.08. The lowest BCUT2D eigenvalue weighted by Gasteiger charge is -2.16. The highest BCUT2D eigenvalue weighted by atomic mass is 32.2. The predicted molar refractivity (Wildman–Crippen MR) is 70.1 cm³/mol. The first-order valence-corrected chi connectivity index (χ1v) is 7.47. The fourth-order valence-electron chi connectivity index (χ4n) is 1.59. The molecule has 0 radical (unpaired) electrons. The van der Waals surface area contributed by atoms with E-state index in [0.29, 0.717) is 5.56 Å². The van der Waals surface area contributed by atoms with Crippen LogP contribution in [0.1, 0.15) is 24.4 Å². The zero-order chi connectivity index (χ0) is 14.3. The Morgan fingerprint density at radius 1 is 1.26 bits per heavy atom. The number of carboxylic acid groups (broad SMARTS) is 1. The van der Waals surface area contributed by atoms with E-state index >= 15 is 0 Å². The largest absolute Gasteiger partial charge is 0.481 e. The molecule has 7 heteroatoms. The smallest absolute Gasteiger partial charge is 0.303 e. The molecule has 19 heavy (non-hydrogen) atoms. The van der Waals surface area contributed by atoms with Crippen LogP contribution in [0.4, 0.5) is 0 Å². The van der Waals surface area contributed by atoms with E-state index in [1.54, 1.807) is 30.3 Å². The Bertz CT molecular complexity index is 500. The summed E-state index contributed by atoms with van der Waals surface area (Å²) in [5.74, 6) is -1.31. The van der Waals surface area contributed by atoms with Gasteiger partial charge in [-0.05, 0) is 12.0 Å². The van der Waals surface area contributed by atoms with E-state index in [9.17, 15) is 18.3 Å². The fourth-order valence-corrected chi connectivity index (χ4v) is 2.87. The first kappa shape index (κ1) is 15.6. The molecular formula is C12H17NO5S. The molecule has 0 bridgehead atoms. The maximum atomic E-state index is 11.7. The molecule has 0 amide bonds. The third-order valence-corrected chi connectivity index (χ3v) is 3.98. The van der Waals surface area contributed by atoms with Gasteiger partial charge in [0.1, 0.15) is 0 Å². The van der Waals surface area contributed by atoms with Crippen LogP contribution in [0.2, 0.25) is 0 Å². The molecule has 1 atom stereocenters. The third kappa shape index (κ3) is 5.82. The van der Waals surface area contributed by atoms with Crippen molar-refractivity contribution in [2.75, 3.05) is 12.4 Å². The van der Waals surface area contributed by atoms with Crippen molar-refractivity contribution in [3.63, 3.8) is 0 Å². The van der Waals surface area contributed by atoms with Crippen molar-refractivity contribution in [2.45, 2.75) is 18.9 Å². The number of nitrogens with one attached hydrogen (secondary N) is 1. The van der Waals surface area contributed by atoms with Crippen LogP contribution in [0, 0.1) is 0 Å². The average molecular weight is 287 g/mol. The molecule has 0 saturated heterocycles. The van der Waals surface area contributed by atoms with Gasteiger partial charge in [-0.25, -0.2) is 13.1 Å². The first-order chi connectivity index (χ1) is 8.94. The first-order valence-electron chi connectivity index (χ1n) is 5.82. The summed E-state index contributed by atoms with van der Waals surface area (Å²) in [7, 11) is -3.61. The lowest BCUT2D eigenvalue weighted by molar-refractivity contribution is -0.137. The van der Waals surface area contributed by atoms with Crippen LogP contribution >= 0.6 is 0 Å². The molecule has 0 unspecified atom stereocenters. The van der Waals surface area contributed by atoms with E-state index in [1.165, 1.54) is 0 Å². The maximum absolute atomic E-state index is 11.7. The number of rotatable bonds is 8. The highest BCUT2D eigenvalue weighted by Crippen LogP contribution is 2.13. The minimum atomic E-state index is -3.61. The normalized spacial score (nSPS) is 13.1. The Labute approximate surface area is 112 Å². The zero-order valence-corrected chi connectivity index (χ0v) is 11.1. The maximum Gasteiger partial charge on any atom is 0.303 e. The summed E-state index contributed by atoms with van der Waals surface area (Å²) in [6, 6.07) is 7.99. The second-order valence-corrected chi connectivity index (χ2v) is 5.95. The highest BCUT2D eigenvalue weighted by Gasteiger charge is 2.18. The summed E-state index contributed by atoms with van der Waals surface area (Å²) >= 11 is 0. The number of aliphatic hydroxyl groups is 1. The van der Waals surface area contributed by atoms with Gasteiger partial charge in [-0.2, -0.15) is 0 Å². The Kier molecular flexibility index (Phi) is 5.94. The average Bonchev–Trinajstić information content (AvgIpc) is 2.36. The van der Waals surface area contributed by atoms with Crippen LogP contribution in [-0.2, 0) is 14.8 Å². The van der Waals surface area contributed by atoms with E-state index in [4.69, 9.17) is 5.11 Å².